The predicted octanol–water partition coefficient (Wildman–Crippen LogP) is 3.19. The fourth-order valence-electron chi connectivity index (χ4n) is 3.10. The molecule has 136 valence electrons. The van der Waals surface area contributed by atoms with E-state index in [1.807, 2.05) is 24.3 Å². The van der Waals surface area contributed by atoms with Gasteiger partial charge in [0.25, 0.3) is 5.91 Å². The van der Waals surface area contributed by atoms with Crippen LogP contribution < -0.4 is 10.1 Å². The molecule has 0 spiro atoms. The van der Waals surface area contributed by atoms with Gasteiger partial charge in [0.2, 0.25) is 0 Å². The van der Waals surface area contributed by atoms with Crippen LogP contribution in [-0.2, 0) is 14.3 Å². The van der Waals surface area contributed by atoms with E-state index >= 15 is 0 Å². The average molecular weight is 345 g/mol. The molecule has 0 saturated heterocycles. The molecule has 2 rings (SSSR count). The number of hydrogen-bond acceptors (Lipinski definition) is 4. The highest BCUT2D eigenvalue weighted by atomic mass is 16.5. The summed E-state index contributed by atoms with van der Waals surface area (Å²) in [6.45, 7) is 4.13. The molecule has 1 aromatic rings. The molecule has 0 aromatic heterocycles. The number of nitrogens with one attached hydrogen (secondary N) is 1. The highest BCUT2D eigenvalue weighted by Crippen LogP contribution is 2.29. The molecule has 3 atom stereocenters. The molecule has 0 radical (unpaired) electrons. The van der Waals surface area contributed by atoms with Gasteiger partial charge in [-0.15, -0.1) is 0 Å². The van der Waals surface area contributed by atoms with Crippen molar-refractivity contribution in [3.8, 4) is 5.75 Å². The standard InChI is InChI=1S/C20H27NO4/c1-14-5-4-6-18(15(14)2)21-19(22)13-25-20(23)12-9-16-7-10-17(24-3)11-8-16/h7-12,14-15,18H,4-6,13H2,1-3H3,(H,21,22)/b12-9+. The van der Waals surface area contributed by atoms with Gasteiger partial charge in [0, 0.05) is 12.1 Å². The van der Waals surface area contributed by atoms with Gasteiger partial charge in [-0.3, -0.25) is 4.79 Å². The van der Waals surface area contributed by atoms with Crippen LogP contribution in [0.2, 0.25) is 0 Å². The number of benzene rings is 1. The maximum atomic E-state index is 12.0. The summed E-state index contributed by atoms with van der Waals surface area (Å²) in [5.74, 6) is 1.04. The molecule has 0 aliphatic heterocycles. The molecule has 5 heteroatoms. The second-order valence-corrected chi connectivity index (χ2v) is 6.66. The Kier molecular flexibility index (Phi) is 7.04. The molecule has 1 amide bonds. The van der Waals surface area contributed by atoms with Crippen molar-refractivity contribution in [2.45, 2.75) is 39.2 Å². The van der Waals surface area contributed by atoms with Gasteiger partial charge in [-0.1, -0.05) is 38.8 Å². The van der Waals surface area contributed by atoms with Gasteiger partial charge < -0.3 is 14.8 Å². The third-order valence-electron chi connectivity index (χ3n) is 4.93. The maximum Gasteiger partial charge on any atom is 0.331 e. The van der Waals surface area contributed by atoms with Crippen LogP contribution in [0.5, 0.6) is 5.75 Å². The largest absolute Gasteiger partial charge is 0.497 e. The fraction of sp³-hybridized carbons (Fsp3) is 0.500. The van der Waals surface area contributed by atoms with Crippen molar-refractivity contribution < 1.29 is 19.1 Å². The normalized spacial score (nSPS) is 23.2. The summed E-state index contributed by atoms with van der Waals surface area (Å²) in [4.78, 5) is 23.7. The Morgan fingerprint density at radius 1 is 1.20 bits per heavy atom. The molecule has 25 heavy (non-hydrogen) atoms. The monoisotopic (exact) mass is 345 g/mol. The summed E-state index contributed by atoms with van der Waals surface area (Å²) < 4.78 is 10.1. The van der Waals surface area contributed by atoms with Crippen LogP contribution in [0.4, 0.5) is 0 Å². The van der Waals surface area contributed by atoms with Crippen molar-refractivity contribution in [2.24, 2.45) is 11.8 Å². The SMILES string of the molecule is COc1ccc(/C=C/C(=O)OCC(=O)NC2CCCC(C)C2C)cc1. The van der Waals surface area contributed by atoms with Crippen LogP contribution in [0.1, 0.15) is 38.7 Å². The zero-order valence-electron chi connectivity index (χ0n) is 15.2. The Hall–Kier alpha value is -2.30. The number of methoxy groups -OCH3 is 1. The van der Waals surface area contributed by atoms with Crippen molar-refractivity contribution >= 4 is 18.0 Å². The number of carbonyl (C=O) groups excluding carboxylic acids is 2. The van der Waals surface area contributed by atoms with Crippen LogP contribution in [0, 0.1) is 11.8 Å². The topological polar surface area (TPSA) is 64.6 Å². The fourth-order valence-corrected chi connectivity index (χ4v) is 3.10. The molecule has 0 bridgehead atoms. The van der Waals surface area contributed by atoms with E-state index in [-0.39, 0.29) is 18.6 Å². The van der Waals surface area contributed by atoms with Gasteiger partial charge in [-0.2, -0.15) is 0 Å². The number of ether oxygens (including phenoxy) is 2. The number of carbonyl (C=O) groups is 2. The van der Waals surface area contributed by atoms with Gasteiger partial charge in [-0.25, -0.2) is 4.79 Å². The van der Waals surface area contributed by atoms with E-state index in [0.717, 1.165) is 24.2 Å². The Balaban J connectivity index is 1.75. The van der Waals surface area contributed by atoms with Gasteiger partial charge in [-0.05, 0) is 42.0 Å². The highest BCUT2D eigenvalue weighted by Gasteiger charge is 2.28. The zero-order valence-corrected chi connectivity index (χ0v) is 15.2. The lowest BCUT2D eigenvalue weighted by Gasteiger charge is -2.34. The molecular formula is C20H27NO4. The molecule has 0 heterocycles. The Morgan fingerprint density at radius 2 is 1.92 bits per heavy atom. The van der Waals surface area contributed by atoms with Crippen LogP contribution in [0.25, 0.3) is 6.08 Å². The molecule has 1 fully saturated rings. The van der Waals surface area contributed by atoms with E-state index in [4.69, 9.17) is 9.47 Å². The van der Waals surface area contributed by atoms with Crippen molar-refractivity contribution in [1.82, 2.24) is 5.32 Å². The minimum atomic E-state index is -0.531. The van der Waals surface area contributed by atoms with Crippen molar-refractivity contribution in [1.29, 1.82) is 0 Å². The molecule has 1 aliphatic rings. The average Bonchev–Trinajstić information content (AvgIpc) is 2.62. The van der Waals surface area contributed by atoms with Crippen LogP contribution in [-0.4, -0.2) is 31.6 Å². The summed E-state index contributed by atoms with van der Waals surface area (Å²) in [7, 11) is 1.60. The Labute approximate surface area is 149 Å². The second kappa shape index (κ2) is 9.25. The number of rotatable bonds is 6. The molecule has 1 N–H and O–H groups in total. The van der Waals surface area contributed by atoms with Gasteiger partial charge in [0.1, 0.15) is 5.75 Å². The van der Waals surface area contributed by atoms with E-state index in [1.165, 1.54) is 12.5 Å². The van der Waals surface area contributed by atoms with Gasteiger partial charge >= 0.3 is 5.97 Å². The molecule has 1 saturated carbocycles. The van der Waals surface area contributed by atoms with E-state index in [0.29, 0.717) is 11.8 Å². The van der Waals surface area contributed by atoms with Crippen molar-refractivity contribution in [2.75, 3.05) is 13.7 Å². The summed E-state index contributed by atoms with van der Waals surface area (Å²) >= 11 is 0. The predicted molar refractivity (Wildman–Crippen MR) is 97.1 cm³/mol. The van der Waals surface area contributed by atoms with E-state index in [9.17, 15) is 9.59 Å². The summed E-state index contributed by atoms with van der Waals surface area (Å²) in [6.07, 6.45) is 6.28. The molecule has 1 aromatic carbocycles. The lowest BCUT2D eigenvalue weighted by atomic mass is 9.78. The molecule has 5 nitrogen and oxygen atoms in total. The number of amides is 1. The number of esters is 1. The minimum absolute atomic E-state index is 0.171. The molecular weight excluding hydrogens is 318 g/mol. The lowest BCUT2D eigenvalue weighted by Crippen LogP contribution is -2.45. The second-order valence-electron chi connectivity index (χ2n) is 6.66. The quantitative estimate of drug-likeness (QED) is 0.635. The van der Waals surface area contributed by atoms with Crippen molar-refractivity contribution in [3.05, 3.63) is 35.9 Å². The lowest BCUT2D eigenvalue weighted by molar-refractivity contribution is -0.144. The van der Waals surface area contributed by atoms with Crippen molar-refractivity contribution in [3.63, 3.8) is 0 Å². The van der Waals surface area contributed by atoms with E-state index in [1.54, 1.807) is 13.2 Å². The van der Waals surface area contributed by atoms with Crippen LogP contribution in [0.3, 0.4) is 0 Å². The maximum absolute atomic E-state index is 12.0. The zero-order chi connectivity index (χ0) is 18.2. The minimum Gasteiger partial charge on any atom is -0.497 e. The summed E-state index contributed by atoms with van der Waals surface area (Å²) in [5.41, 5.74) is 0.854. The first-order valence-electron chi connectivity index (χ1n) is 8.78. The van der Waals surface area contributed by atoms with E-state index < -0.39 is 5.97 Å². The summed E-state index contributed by atoms with van der Waals surface area (Å²) in [5, 5.41) is 2.99. The van der Waals surface area contributed by atoms with Gasteiger partial charge in [0.15, 0.2) is 6.61 Å². The third-order valence-corrected chi connectivity index (χ3v) is 4.93. The third kappa shape index (κ3) is 5.93. The first-order valence-corrected chi connectivity index (χ1v) is 8.78. The van der Waals surface area contributed by atoms with Crippen LogP contribution in [0.15, 0.2) is 30.3 Å². The van der Waals surface area contributed by atoms with Crippen LogP contribution >= 0.6 is 0 Å². The Bertz CT molecular complexity index is 609. The molecule has 3 unspecified atom stereocenters. The summed E-state index contributed by atoms with van der Waals surface area (Å²) in [6, 6.07) is 7.46. The van der Waals surface area contributed by atoms with E-state index in [2.05, 4.69) is 19.2 Å². The molecule has 1 aliphatic carbocycles. The Morgan fingerprint density at radius 3 is 2.60 bits per heavy atom. The highest BCUT2D eigenvalue weighted by molar-refractivity contribution is 5.89. The number of hydrogen-bond donors (Lipinski definition) is 1. The first kappa shape index (κ1) is 19.0. The van der Waals surface area contributed by atoms with Gasteiger partial charge in [0.05, 0.1) is 7.11 Å². The first-order chi connectivity index (χ1) is 12.0. The smallest absolute Gasteiger partial charge is 0.331 e.